The highest BCUT2D eigenvalue weighted by Crippen LogP contribution is 2.23. The van der Waals surface area contributed by atoms with Crippen molar-refractivity contribution in [2.24, 2.45) is 5.92 Å². The minimum atomic E-state index is -0.594. The number of nitriles is 1. The smallest absolute Gasteiger partial charge is 0.338 e. The first-order valence-corrected chi connectivity index (χ1v) is 7.57. The Morgan fingerprint density at radius 3 is 2.86 bits per heavy atom. The predicted molar refractivity (Wildman–Crippen MR) is 81.0 cm³/mol. The molecule has 0 spiro atoms. The number of nitrogens with one attached hydrogen (secondary N) is 1. The molecule has 0 heterocycles. The molecule has 0 bridgehead atoms. The number of carbonyl (C=O) groups is 2. The molecular weight excluding hydrogens is 280 g/mol. The van der Waals surface area contributed by atoms with Crippen LogP contribution >= 0.6 is 0 Å². The molecule has 1 amide bonds. The van der Waals surface area contributed by atoms with Gasteiger partial charge >= 0.3 is 5.97 Å². The largest absolute Gasteiger partial charge is 0.452 e. The van der Waals surface area contributed by atoms with Crippen LogP contribution in [0.4, 0.5) is 0 Å². The summed E-state index contributed by atoms with van der Waals surface area (Å²) in [7, 11) is 0. The van der Waals surface area contributed by atoms with Gasteiger partial charge in [-0.15, -0.1) is 0 Å². The zero-order valence-corrected chi connectivity index (χ0v) is 12.7. The van der Waals surface area contributed by atoms with Crippen LogP contribution in [0.3, 0.4) is 0 Å². The summed E-state index contributed by atoms with van der Waals surface area (Å²) in [6.07, 6.45) is 4.42. The molecule has 0 saturated heterocycles. The van der Waals surface area contributed by atoms with Crippen LogP contribution < -0.4 is 5.32 Å². The van der Waals surface area contributed by atoms with E-state index in [1.54, 1.807) is 18.2 Å². The fraction of sp³-hybridized carbons (Fsp3) is 0.471. The van der Waals surface area contributed by atoms with Gasteiger partial charge in [-0.3, -0.25) is 4.79 Å². The molecule has 22 heavy (non-hydrogen) atoms. The van der Waals surface area contributed by atoms with E-state index < -0.39 is 5.97 Å². The molecule has 116 valence electrons. The zero-order chi connectivity index (χ0) is 15.9. The van der Waals surface area contributed by atoms with E-state index in [-0.39, 0.29) is 24.1 Å². The third-order valence-electron chi connectivity index (χ3n) is 4.02. The number of benzene rings is 1. The van der Waals surface area contributed by atoms with Gasteiger partial charge in [-0.25, -0.2) is 4.79 Å². The first-order chi connectivity index (χ1) is 10.6. The van der Waals surface area contributed by atoms with Gasteiger partial charge in [0, 0.05) is 6.04 Å². The number of amides is 1. The van der Waals surface area contributed by atoms with Gasteiger partial charge in [0.15, 0.2) is 6.61 Å². The Bertz CT molecular complexity index is 592. The van der Waals surface area contributed by atoms with Crippen molar-refractivity contribution in [2.45, 2.75) is 38.6 Å². The summed E-state index contributed by atoms with van der Waals surface area (Å²) in [5.41, 5.74) is 0.660. The van der Waals surface area contributed by atoms with Gasteiger partial charge in [0.05, 0.1) is 17.2 Å². The second kappa shape index (κ2) is 7.60. The molecule has 1 aliphatic carbocycles. The van der Waals surface area contributed by atoms with Gasteiger partial charge in [0.1, 0.15) is 0 Å². The third-order valence-corrected chi connectivity index (χ3v) is 4.02. The average Bonchev–Trinajstić information content (AvgIpc) is 2.55. The van der Waals surface area contributed by atoms with E-state index in [4.69, 9.17) is 10.00 Å². The van der Waals surface area contributed by atoms with E-state index >= 15 is 0 Å². The van der Waals surface area contributed by atoms with E-state index in [0.717, 1.165) is 19.3 Å². The van der Waals surface area contributed by atoms with Crippen molar-refractivity contribution in [3.8, 4) is 6.07 Å². The summed E-state index contributed by atoms with van der Waals surface area (Å²) in [6, 6.07) is 8.35. The van der Waals surface area contributed by atoms with E-state index in [9.17, 15) is 9.59 Å². The van der Waals surface area contributed by atoms with Crippen LogP contribution in [-0.4, -0.2) is 24.5 Å². The maximum atomic E-state index is 11.9. The number of ether oxygens (including phenoxy) is 1. The molecule has 1 saturated carbocycles. The van der Waals surface area contributed by atoms with Gasteiger partial charge in [0.2, 0.25) is 0 Å². The van der Waals surface area contributed by atoms with Crippen LogP contribution in [0.5, 0.6) is 0 Å². The topological polar surface area (TPSA) is 79.2 Å². The average molecular weight is 300 g/mol. The monoisotopic (exact) mass is 300 g/mol. The summed E-state index contributed by atoms with van der Waals surface area (Å²) >= 11 is 0. The predicted octanol–water partition coefficient (Wildman–Crippen LogP) is 2.41. The standard InChI is InChI=1S/C17H20N2O3/c1-12-5-2-3-8-15(12)19-16(20)11-22-17(21)14-7-4-6-13(9-14)10-18/h4,6-7,9,12,15H,2-3,5,8,11H2,1H3,(H,19,20). The molecule has 2 rings (SSSR count). The summed E-state index contributed by atoms with van der Waals surface area (Å²) < 4.78 is 5.01. The molecule has 5 heteroatoms. The number of hydrogen-bond donors (Lipinski definition) is 1. The van der Waals surface area contributed by atoms with Crippen LogP contribution in [0.15, 0.2) is 24.3 Å². The lowest BCUT2D eigenvalue weighted by molar-refractivity contribution is -0.125. The maximum absolute atomic E-state index is 11.9. The van der Waals surface area contributed by atoms with Gasteiger partial charge in [-0.2, -0.15) is 5.26 Å². The SMILES string of the molecule is CC1CCCCC1NC(=O)COC(=O)c1cccc(C#N)c1. The number of hydrogen-bond acceptors (Lipinski definition) is 4. The Kier molecular flexibility index (Phi) is 5.54. The number of carbonyl (C=O) groups excluding carboxylic acids is 2. The molecule has 5 nitrogen and oxygen atoms in total. The fourth-order valence-corrected chi connectivity index (χ4v) is 2.71. The highest BCUT2D eigenvalue weighted by molar-refractivity contribution is 5.91. The van der Waals surface area contributed by atoms with Gasteiger partial charge in [-0.05, 0) is 37.0 Å². The lowest BCUT2D eigenvalue weighted by atomic mass is 9.86. The Morgan fingerprint density at radius 1 is 1.36 bits per heavy atom. The summed E-state index contributed by atoms with van der Waals surface area (Å²) in [6.45, 7) is 1.84. The van der Waals surface area contributed by atoms with E-state index in [1.807, 2.05) is 6.07 Å². The van der Waals surface area contributed by atoms with Crippen molar-refractivity contribution < 1.29 is 14.3 Å². The summed E-state index contributed by atoms with van der Waals surface area (Å²) in [5, 5.41) is 11.7. The second-order valence-corrected chi connectivity index (χ2v) is 5.70. The zero-order valence-electron chi connectivity index (χ0n) is 12.7. The van der Waals surface area contributed by atoms with Gasteiger partial charge < -0.3 is 10.1 Å². The van der Waals surface area contributed by atoms with Crippen molar-refractivity contribution >= 4 is 11.9 Å². The number of esters is 1. The normalized spacial score (nSPS) is 20.7. The van der Waals surface area contributed by atoms with Crippen molar-refractivity contribution in [2.75, 3.05) is 6.61 Å². The number of rotatable bonds is 4. The Balaban J connectivity index is 1.82. The van der Waals surface area contributed by atoms with Gasteiger partial charge in [-0.1, -0.05) is 25.8 Å². The first kappa shape index (κ1) is 16.0. The van der Waals surface area contributed by atoms with E-state index in [2.05, 4.69) is 12.2 Å². The molecule has 1 N–H and O–H groups in total. The molecule has 0 aliphatic heterocycles. The minimum absolute atomic E-state index is 0.168. The van der Waals surface area contributed by atoms with Crippen LogP contribution in [0.2, 0.25) is 0 Å². The Hall–Kier alpha value is -2.35. The van der Waals surface area contributed by atoms with Gasteiger partial charge in [0.25, 0.3) is 5.91 Å². The van der Waals surface area contributed by atoms with Crippen LogP contribution in [0, 0.1) is 17.2 Å². The molecule has 0 radical (unpaired) electrons. The first-order valence-electron chi connectivity index (χ1n) is 7.57. The van der Waals surface area contributed by atoms with Crippen LogP contribution in [0.1, 0.15) is 48.5 Å². The van der Waals surface area contributed by atoms with Crippen molar-refractivity contribution in [3.05, 3.63) is 35.4 Å². The highest BCUT2D eigenvalue weighted by atomic mass is 16.5. The molecule has 1 aromatic rings. The highest BCUT2D eigenvalue weighted by Gasteiger charge is 2.23. The lowest BCUT2D eigenvalue weighted by Gasteiger charge is -2.29. The maximum Gasteiger partial charge on any atom is 0.338 e. The second-order valence-electron chi connectivity index (χ2n) is 5.70. The lowest BCUT2D eigenvalue weighted by Crippen LogP contribution is -2.42. The van der Waals surface area contributed by atoms with Crippen LogP contribution in [0.25, 0.3) is 0 Å². The Morgan fingerprint density at radius 2 is 2.14 bits per heavy atom. The molecular formula is C17H20N2O3. The summed E-state index contributed by atoms with van der Waals surface area (Å²) in [5.74, 6) is -0.409. The van der Waals surface area contributed by atoms with Crippen molar-refractivity contribution in [3.63, 3.8) is 0 Å². The van der Waals surface area contributed by atoms with E-state index in [1.165, 1.54) is 12.5 Å². The minimum Gasteiger partial charge on any atom is -0.452 e. The number of nitrogens with zero attached hydrogens (tertiary/aromatic N) is 1. The Labute approximate surface area is 130 Å². The molecule has 1 aromatic carbocycles. The van der Waals surface area contributed by atoms with Crippen molar-refractivity contribution in [1.82, 2.24) is 5.32 Å². The molecule has 1 aliphatic rings. The fourth-order valence-electron chi connectivity index (χ4n) is 2.71. The quantitative estimate of drug-likeness (QED) is 0.866. The third kappa shape index (κ3) is 4.32. The summed E-state index contributed by atoms with van der Waals surface area (Å²) in [4.78, 5) is 23.7. The molecule has 0 aromatic heterocycles. The van der Waals surface area contributed by atoms with Crippen LogP contribution in [-0.2, 0) is 9.53 Å². The van der Waals surface area contributed by atoms with Crippen molar-refractivity contribution in [1.29, 1.82) is 5.26 Å². The molecule has 2 unspecified atom stereocenters. The van der Waals surface area contributed by atoms with E-state index in [0.29, 0.717) is 11.5 Å². The molecule has 1 fully saturated rings. The molecule has 2 atom stereocenters.